The zero-order chi connectivity index (χ0) is 9.84. The van der Waals surface area contributed by atoms with Crippen LogP contribution in [0.1, 0.15) is 6.92 Å². The van der Waals surface area contributed by atoms with Crippen LogP contribution >= 0.6 is 27.5 Å². The lowest BCUT2D eigenvalue weighted by atomic mass is 10.4. The van der Waals surface area contributed by atoms with Crippen LogP contribution in [0, 0.1) is 0 Å². The van der Waals surface area contributed by atoms with Gasteiger partial charge in [-0.25, -0.2) is 9.97 Å². The Morgan fingerprint density at radius 1 is 1.54 bits per heavy atom. The topological polar surface area (TPSA) is 29.0 Å². The molecule has 0 bridgehead atoms. The highest BCUT2D eigenvalue weighted by atomic mass is 79.9. The maximum Gasteiger partial charge on any atom is 0.225 e. The van der Waals surface area contributed by atoms with Gasteiger partial charge in [0.15, 0.2) is 0 Å². The van der Waals surface area contributed by atoms with E-state index >= 15 is 0 Å². The third-order valence-electron chi connectivity index (χ3n) is 1.47. The number of hydrogen-bond donors (Lipinski definition) is 0. The largest absolute Gasteiger partial charge is 0.342 e. The SMILES string of the molecule is CC(Cl)CN(C)c1ncc(Br)cn1. The van der Waals surface area contributed by atoms with Gasteiger partial charge in [0.1, 0.15) is 0 Å². The first-order valence-electron chi connectivity index (χ1n) is 3.92. The van der Waals surface area contributed by atoms with Crippen LogP contribution in [0.4, 0.5) is 5.95 Å². The molecule has 0 spiro atoms. The van der Waals surface area contributed by atoms with E-state index in [9.17, 15) is 0 Å². The summed E-state index contributed by atoms with van der Waals surface area (Å²) in [7, 11) is 1.92. The number of nitrogens with zero attached hydrogens (tertiary/aromatic N) is 3. The molecule has 5 heteroatoms. The van der Waals surface area contributed by atoms with Crippen LogP contribution in [-0.4, -0.2) is 28.9 Å². The molecule has 0 aliphatic heterocycles. The van der Waals surface area contributed by atoms with E-state index in [0.717, 1.165) is 11.0 Å². The molecule has 0 amide bonds. The Kier molecular flexibility index (Phi) is 3.93. The molecule has 1 atom stereocenters. The Bertz CT molecular complexity index is 263. The van der Waals surface area contributed by atoms with Gasteiger partial charge in [0.25, 0.3) is 0 Å². The molecule has 0 fully saturated rings. The summed E-state index contributed by atoms with van der Waals surface area (Å²) in [6, 6.07) is 0. The normalized spacial score (nSPS) is 12.6. The minimum absolute atomic E-state index is 0.0947. The van der Waals surface area contributed by atoms with Gasteiger partial charge in [-0.15, -0.1) is 11.6 Å². The quantitative estimate of drug-likeness (QED) is 0.785. The van der Waals surface area contributed by atoms with Gasteiger partial charge in [-0.3, -0.25) is 0 Å². The molecule has 0 N–H and O–H groups in total. The predicted octanol–water partition coefficient (Wildman–Crippen LogP) is 2.30. The number of aromatic nitrogens is 2. The number of alkyl halides is 1. The van der Waals surface area contributed by atoms with Crippen LogP contribution < -0.4 is 4.90 Å². The van der Waals surface area contributed by atoms with Crippen LogP contribution in [-0.2, 0) is 0 Å². The average Bonchev–Trinajstić information content (AvgIpc) is 2.04. The fourth-order valence-electron chi connectivity index (χ4n) is 0.962. The lowest BCUT2D eigenvalue weighted by Crippen LogP contribution is -2.25. The second-order valence-corrected chi connectivity index (χ2v) is 4.52. The molecule has 3 nitrogen and oxygen atoms in total. The van der Waals surface area contributed by atoms with Crippen molar-refractivity contribution in [2.75, 3.05) is 18.5 Å². The second-order valence-electron chi connectivity index (χ2n) is 2.86. The van der Waals surface area contributed by atoms with Crippen molar-refractivity contribution in [3.63, 3.8) is 0 Å². The fraction of sp³-hybridized carbons (Fsp3) is 0.500. The molecule has 0 saturated carbocycles. The number of rotatable bonds is 3. The summed E-state index contributed by atoms with van der Waals surface area (Å²) in [5.41, 5.74) is 0. The van der Waals surface area contributed by atoms with Crippen molar-refractivity contribution in [1.29, 1.82) is 0 Å². The van der Waals surface area contributed by atoms with Crippen LogP contribution in [0.15, 0.2) is 16.9 Å². The summed E-state index contributed by atoms with van der Waals surface area (Å²) in [5.74, 6) is 0.690. The zero-order valence-corrected chi connectivity index (χ0v) is 9.88. The van der Waals surface area contributed by atoms with E-state index in [0.29, 0.717) is 5.95 Å². The van der Waals surface area contributed by atoms with E-state index in [-0.39, 0.29) is 5.38 Å². The molecular formula is C8H11BrClN3. The summed E-state index contributed by atoms with van der Waals surface area (Å²) in [5, 5.41) is 0.0947. The van der Waals surface area contributed by atoms with Crippen molar-refractivity contribution >= 4 is 33.5 Å². The van der Waals surface area contributed by atoms with Crippen molar-refractivity contribution < 1.29 is 0 Å². The van der Waals surface area contributed by atoms with Gasteiger partial charge in [-0.05, 0) is 22.9 Å². The summed E-state index contributed by atoms with van der Waals surface area (Å²) < 4.78 is 0.878. The first-order valence-corrected chi connectivity index (χ1v) is 5.15. The highest BCUT2D eigenvalue weighted by Crippen LogP contribution is 2.10. The third kappa shape index (κ3) is 3.48. The maximum atomic E-state index is 5.85. The Balaban J connectivity index is 2.66. The van der Waals surface area contributed by atoms with Gasteiger partial charge >= 0.3 is 0 Å². The summed E-state index contributed by atoms with van der Waals surface area (Å²) in [6.45, 7) is 2.68. The maximum absolute atomic E-state index is 5.85. The minimum Gasteiger partial charge on any atom is -0.342 e. The molecule has 1 unspecified atom stereocenters. The van der Waals surface area contributed by atoms with Gasteiger partial charge in [0.2, 0.25) is 5.95 Å². The van der Waals surface area contributed by atoms with Gasteiger partial charge in [0.05, 0.1) is 4.47 Å². The molecule has 0 aromatic carbocycles. The lowest BCUT2D eigenvalue weighted by molar-refractivity contribution is 0.823. The Labute approximate surface area is 91.3 Å². The smallest absolute Gasteiger partial charge is 0.225 e. The number of halogens is 2. The van der Waals surface area contributed by atoms with E-state index in [4.69, 9.17) is 11.6 Å². The fourth-order valence-corrected chi connectivity index (χ4v) is 1.37. The molecule has 0 radical (unpaired) electrons. The molecular weight excluding hydrogens is 253 g/mol. The standard InChI is InChI=1S/C8H11BrClN3/c1-6(10)5-13(2)8-11-3-7(9)4-12-8/h3-4,6H,5H2,1-2H3. The Morgan fingerprint density at radius 2 is 2.08 bits per heavy atom. The number of anilines is 1. The molecule has 1 aromatic heterocycles. The van der Waals surface area contributed by atoms with Crippen LogP contribution in [0.2, 0.25) is 0 Å². The summed E-state index contributed by atoms with van der Waals surface area (Å²) in [6.07, 6.45) is 3.44. The van der Waals surface area contributed by atoms with Gasteiger partial charge in [-0.2, -0.15) is 0 Å². The molecule has 0 aliphatic carbocycles. The van der Waals surface area contributed by atoms with Crippen molar-refractivity contribution in [3.8, 4) is 0 Å². The Morgan fingerprint density at radius 3 is 2.54 bits per heavy atom. The highest BCUT2D eigenvalue weighted by Gasteiger charge is 2.06. The third-order valence-corrected chi connectivity index (χ3v) is 2.02. The van der Waals surface area contributed by atoms with E-state index in [2.05, 4.69) is 25.9 Å². The van der Waals surface area contributed by atoms with E-state index in [1.807, 2.05) is 18.9 Å². The Hall–Kier alpha value is -0.350. The average molecular weight is 265 g/mol. The molecule has 13 heavy (non-hydrogen) atoms. The minimum atomic E-state index is 0.0947. The summed E-state index contributed by atoms with van der Waals surface area (Å²) in [4.78, 5) is 10.2. The first kappa shape index (κ1) is 10.7. The summed E-state index contributed by atoms with van der Waals surface area (Å²) >= 11 is 9.12. The highest BCUT2D eigenvalue weighted by molar-refractivity contribution is 9.10. The van der Waals surface area contributed by atoms with Crippen molar-refractivity contribution in [2.24, 2.45) is 0 Å². The molecule has 0 aliphatic rings. The van der Waals surface area contributed by atoms with E-state index < -0.39 is 0 Å². The van der Waals surface area contributed by atoms with E-state index in [1.54, 1.807) is 12.4 Å². The molecule has 1 rings (SSSR count). The van der Waals surface area contributed by atoms with Crippen LogP contribution in [0.5, 0.6) is 0 Å². The zero-order valence-electron chi connectivity index (χ0n) is 7.54. The van der Waals surface area contributed by atoms with Gasteiger partial charge in [0, 0.05) is 31.4 Å². The van der Waals surface area contributed by atoms with Crippen molar-refractivity contribution in [3.05, 3.63) is 16.9 Å². The molecule has 1 aromatic rings. The van der Waals surface area contributed by atoms with E-state index in [1.165, 1.54) is 0 Å². The molecule has 1 heterocycles. The number of hydrogen-bond acceptors (Lipinski definition) is 3. The van der Waals surface area contributed by atoms with Crippen LogP contribution in [0.3, 0.4) is 0 Å². The van der Waals surface area contributed by atoms with Crippen LogP contribution in [0.25, 0.3) is 0 Å². The first-order chi connectivity index (χ1) is 6.09. The van der Waals surface area contributed by atoms with Gasteiger partial charge in [-0.1, -0.05) is 0 Å². The van der Waals surface area contributed by atoms with Crippen molar-refractivity contribution in [2.45, 2.75) is 12.3 Å². The second kappa shape index (κ2) is 4.77. The monoisotopic (exact) mass is 263 g/mol. The molecule has 72 valence electrons. The predicted molar refractivity (Wildman–Crippen MR) is 58.3 cm³/mol. The van der Waals surface area contributed by atoms with Gasteiger partial charge < -0.3 is 4.90 Å². The van der Waals surface area contributed by atoms with Crippen molar-refractivity contribution in [1.82, 2.24) is 9.97 Å². The lowest BCUT2D eigenvalue weighted by Gasteiger charge is -2.17. The molecule has 0 saturated heterocycles.